The molecule has 1 aromatic heterocycles. The minimum Gasteiger partial charge on any atom is -0.465 e. The van der Waals surface area contributed by atoms with Crippen molar-refractivity contribution in [2.75, 3.05) is 6.54 Å². The lowest BCUT2D eigenvalue weighted by Crippen LogP contribution is -2.39. The number of sulfonamides is 1. The summed E-state index contributed by atoms with van der Waals surface area (Å²) in [5, 5.41) is 3.16. The van der Waals surface area contributed by atoms with E-state index in [0.717, 1.165) is 31.4 Å². The predicted octanol–water partition coefficient (Wildman–Crippen LogP) is 1.84. The molecule has 0 amide bonds. The van der Waals surface area contributed by atoms with Crippen LogP contribution in [0.5, 0.6) is 0 Å². The Hall–Kier alpha value is -0.850. The monoisotopic (exact) mass is 286 g/mol. The minimum absolute atomic E-state index is 0.0894. The molecular weight excluding hydrogens is 264 g/mol. The molecule has 1 aliphatic rings. The SMILES string of the molecule is CCNCc1c(C)oc(C)c1S(=O)(=O)NC1CCC1. The molecule has 2 rings (SSSR count). The molecule has 0 bridgehead atoms. The number of nitrogens with one attached hydrogen (secondary N) is 2. The van der Waals surface area contributed by atoms with E-state index in [2.05, 4.69) is 10.0 Å². The summed E-state index contributed by atoms with van der Waals surface area (Å²) < 4.78 is 33.2. The quantitative estimate of drug-likeness (QED) is 0.837. The van der Waals surface area contributed by atoms with Crippen LogP contribution in [0.4, 0.5) is 0 Å². The second-order valence-corrected chi connectivity index (χ2v) is 6.70. The van der Waals surface area contributed by atoms with Gasteiger partial charge in [-0.05, 0) is 33.2 Å². The van der Waals surface area contributed by atoms with E-state index < -0.39 is 10.0 Å². The highest BCUT2D eigenvalue weighted by Crippen LogP contribution is 2.28. The molecule has 19 heavy (non-hydrogen) atoms. The maximum Gasteiger partial charge on any atom is 0.244 e. The van der Waals surface area contributed by atoms with Crippen molar-refractivity contribution < 1.29 is 12.8 Å². The van der Waals surface area contributed by atoms with E-state index in [4.69, 9.17) is 4.42 Å². The van der Waals surface area contributed by atoms with Crippen molar-refractivity contribution in [1.82, 2.24) is 10.0 Å². The van der Waals surface area contributed by atoms with Gasteiger partial charge in [0.25, 0.3) is 0 Å². The van der Waals surface area contributed by atoms with Crippen LogP contribution in [0.1, 0.15) is 43.3 Å². The molecule has 1 fully saturated rings. The van der Waals surface area contributed by atoms with E-state index in [9.17, 15) is 8.42 Å². The molecule has 2 N–H and O–H groups in total. The summed E-state index contributed by atoms with van der Waals surface area (Å²) in [4.78, 5) is 0.317. The van der Waals surface area contributed by atoms with Gasteiger partial charge in [0.05, 0.1) is 0 Å². The lowest BCUT2D eigenvalue weighted by Gasteiger charge is -2.26. The Bertz CT molecular complexity index is 544. The summed E-state index contributed by atoms with van der Waals surface area (Å²) in [5.74, 6) is 1.14. The van der Waals surface area contributed by atoms with Crippen LogP contribution in [-0.4, -0.2) is 21.0 Å². The molecule has 0 radical (unpaired) electrons. The van der Waals surface area contributed by atoms with Gasteiger partial charge in [0.1, 0.15) is 16.4 Å². The van der Waals surface area contributed by atoms with Crippen molar-refractivity contribution in [3.05, 3.63) is 17.1 Å². The smallest absolute Gasteiger partial charge is 0.244 e. The van der Waals surface area contributed by atoms with Gasteiger partial charge in [0.15, 0.2) is 0 Å². The molecule has 0 aliphatic heterocycles. The standard InChI is InChI=1S/C13H22N2O3S/c1-4-14-8-12-9(2)18-10(3)13(12)19(16,17)15-11-6-5-7-11/h11,14-15H,4-8H2,1-3H3. The van der Waals surface area contributed by atoms with Crippen LogP contribution in [0.3, 0.4) is 0 Å². The fourth-order valence-electron chi connectivity index (χ4n) is 2.32. The first-order valence-corrected chi connectivity index (χ1v) is 8.26. The highest BCUT2D eigenvalue weighted by molar-refractivity contribution is 7.89. The molecule has 1 aliphatic carbocycles. The van der Waals surface area contributed by atoms with Gasteiger partial charge < -0.3 is 9.73 Å². The van der Waals surface area contributed by atoms with Gasteiger partial charge in [-0.3, -0.25) is 0 Å². The van der Waals surface area contributed by atoms with Crippen LogP contribution in [0.2, 0.25) is 0 Å². The largest absolute Gasteiger partial charge is 0.465 e. The second kappa shape index (κ2) is 5.64. The molecule has 5 nitrogen and oxygen atoms in total. The van der Waals surface area contributed by atoms with E-state index in [0.29, 0.717) is 23.0 Å². The molecule has 0 aromatic carbocycles. The third-order valence-electron chi connectivity index (χ3n) is 3.57. The third-order valence-corrected chi connectivity index (χ3v) is 5.29. The molecule has 0 saturated heterocycles. The first kappa shape index (κ1) is 14.6. The van der Waals surface area contributed by atoms with Crippen LogP contribution >= 0.6 is 0 Å². The van der Waals surface area contributed by atoms with E-state index in [1.807, 2.05) is 13.8 Å². The maximum absolute atomic E-state index is 12.5. The lowest BCUT2D eigenvalue weighted by atomic mass is 9.94. The van der Waals surface area contributed by atoms with Gasteiger partial charge in [-0.2, -0.15) is 0 Å². The molecule has 1 saturated carbocycles. The van der Waals surface area contributed by atoms with Crippen molar-refractivity contribution >= 4 is 10.0 Å². The molecular formula is C13H22N2O3S. The average molecular weight is 286 g/mol. The van der Waals surface area contributed by atoms with Crippen LogP contribution in [0, 0.1) is 13.8 Å². The first-order valence-electron chi connectivity index (χ1n) is 6.77. The molecule has 0 atom stereocenters. The van der Waals surface area contributed by atoms with Crippen molar-refractivity contribution in [2.24, 2.45) is 0 Å². The Morgan fingerprint density at radius 1 is 1.26 bits per heavy atom. The molecule has 108 valence electrons. The van der Waals surface area contributed by atoms with E-state index in [1.54, 1.807) is 6.92 Å². The van der Waals surface area contributed by atoms with Gasteiger partial charge in [-0.15, -0.1) is 0 Å². The van der Waals surface area contributed by atoms with Gasteiger partial charge in [0, 0.05) is 18.2 Å². The highest BCUT2D eigenvalue weighted by Gasteiger charge is 2.30. The van der Waals surface area contributed by atoms with E-state index in [-0.39, 0.29) is 6.04 Å². The van der Waals surface area contributed by atoms with Crippen molar-refractivity contribution in [2.45, 2.75) is 57.5 Å². The fraction of sp³-hybridized carbons (Fsp3) is 0.692. The maximum atomic E-state index is 12.5. The summed E-state index contributed by atoms with van der Waals surface area (Å²) in [6.45, 7) is 6.81. The Kier molecular flexibility index (Phi) is 4.32. The predicted molar refractivity (Wildman–Crippen MR) is 73.5 cm³/mol. The van der Waals surface area contributed by atoms with Gasteiger partial charge in [-0.25, -0.2) is 13.1 Å². The Morgan fingerprint density at radius 3 is 2.47 bits per heavy atom. The topological polar surface area (TPSA) is 71.3 Å². The summed E-state index contributed by atoms with van der Waals surface area (Å²) in [6, 6.07) is 0.0894. The molecule has 0 unspecified atom stereocenters. The Morgan fingerprint density at radius 2 is 1.95 bits per heavy atom. The van der Waals surface area contributed by atoms with Crippen LogP contribution in [0.15, 0.2) is 9.31 Å². The Labute approximate surface area is 114 Å². The number of furan rings is 1. The number of hydrogen-bond donors (Lipinski definition) is 2. The zero-order chi connectivity index (χ0) is 14.0. The zero-order valence-corrected chi connectivity index (χ0v) is 12.6. The van der Waals surface area contributed by atoms with Crippen molar-refractivity contribution in [3.63, 3.8) is 0 Å². The number of hydrogen-bond acceptors (Lipinski definition) is 4. The highest BCUT2D eigenvalue weighted by atomic mass is 32.2. The average Bonchev–Trinajstić information content (AvgIpc) is 2.56. The van der Waals surface area contributed by atoms with Gasteiger partial charge >= 0.3 is 0 Å². The van der Waals surface area contributed by atoms with Crippen LogP contribution in [-0.2, 0) is 16.6 Å². The van der Waals surface area contributed by atoms with Gasteiger partial charge in [-0.1, -0.05) is 13.3 Å². The minimum atomic E-state index is -3.48. The van der Waals surface area contributed by atoms with Crippen molar-refractivity contribution in [1.29, 1.82) is 0 Å². The normalized spacial score (nSPS) is 16.6. The molecule has 0 spiro atoms. The van der Waals surface area contributed by atoms with Gasteiger partial charge in [0.2, 0.25) is 10.0 Å². The summed E-state index contributed by atoms with van der Waals surface area (Å²) >= 11 is 0. The second-order valence-electron chi connectivity index (χ2n) is 5.05. The van der Waals surface area contributed by atoms with Crippen molar-refractivity contribution in [3.8, 4) is 0 Å². The Balaban J connectivity index is 2.30. The number of aryl methyl sites for hydroxylation is 2. The fourth-order valence-corrected chi connectivity index (χ4v) is 4.07. The summed E-state index contributed by atoms with van der Waals surface area (Å²) in [5.41, 5.74) is 0.742. The lowest BCUT2D eigenvalue weighted by molar-refractivity contribution is 0.383. The first-order chi connectivity index (χ1) is 8.95. The molecule has 1 aromatic rings. The molecule has 6 heteroatoms. The third kappa shape index (κ3) is 3.01. The zero-order valence-electron chi connectivity index (χ0n) is 11.7. The number of rotatable bonds is 6. The van der Waals surface area contributed by atoms with Crippen LogP contribution < -0.4 is 10.0 Å². The summed E-state index contributed by atoms with van der Waals surface area (Å²) in [7, 11) is -3.48. The molecule has 1 heterocycles. The van der Waals surface area contributed by atoms with Crippen LogP contribution in [0.25, 0.3) is 0 Å². The van der Waals surface area contributed by atoms with E-state index >= 15 is 0 Å². The van der Waals surface area contributed by atoms with E-state index in [1.165, 1.54) is 0 Å². The summed E-state index contributed by atoms with van der Waals surface area (Å²) in [6.07, 6.45) is 2.95.